The van der Waals surface area contributed by atoms with Gasteiger partial charge >= 0.3 is 0 Å². The van der Waals surface area contributed by atoms with E-state index in [1.807, 2.05) is 0 Å². The van der Waals surface area contributed by atoms with Gasteiger partial charge in [0.15, 0.2) is 0 Å². The summed E-state index contributed by atoms with van der Waals surface area (Å²) in [5, 5.41) is 0.849. The average molecular weight is 480 g/mol. The van der Waals surface area contributed by atoms with Crippen LogP contribution in [0.4, 0.5) is 0 Å². The van der Waals surface area contributed by atoms with E-state index in [-0.39, 0.29) is 7.43 Å². The van der Waals surface area contributed by atoms with E-state index in [1.54, 1.807) is 0 Å². The van der Waals surface area contributed by atoms with Crippen molar-refractivity contribution < 1.29 is 0 Å². The second-order valence-electron chi connectivity index (χ2n) is 7.58. The van der Waals surface area contributed by atoms with Gasteiger partial charge in [0.25, 0.3) is 0 Å². The Hall–Kier alpha value is -3.36. The molecular weight excluding hydrogens is 454 g/mol. The number of aromatic amines is 1. The Balaban J connectivity index is 0.00000245. The Morgan fingerprint density at radius 3 is 1.81 bits per heavy atom. The summed E-state index contributed by atoms with van der Waals surface area (Å²) in [6.45, 7) is 0. The fraction of sp³-hybridized carbons (Fsp3) is 0.0667. The molecule has 4 aromatic carbocycles. The molecule has 0 spiro atoms. The first-order valence-corrected chi connectivity index (χ1v) is 11.5. The largest absolute Gasteiger partial charge is 0.354 e. The maximum absolute atomic E-state index is 3.74. The van der Waals surface area contributed by atoms with E-state index in [0.717, 1.165) is 16.7 Å². The van der Waals surface area contributed by atoms with Gasteiger partial charge in [0.1, 0.15) is 0 Å². The monoisotopic (exact) mass is 479 g/mol. The smallest absolute Gasteiger partial charge is 0.0538 e. The molecule has 0 aliphatic carbocycles. The zero-order chi connectivity index (χ0) is 21.0. The fourth-order valence-electron chi connectivity index (χ4n) is 4.07. The first-order chi connectivity index (χ1) is 15.3. The molecule has 0 radical (unpaired) electrons. The summed E-state index contributed by atoms with van der Waals surface area (Å²) >= 11 is 3.59. The normalized spacial score (nSPS) is 10.5. The first kappa shape index (κ1) is 21.9. The van der Waals surface area contributed by atoms with E-state index in [1.165, 1.54) is 38.9 Å². The van der Waals surface area contributed by atoms with E-state index in [4.69, 9.17) is 0 Å². The number of hydrogen-bond acceptors (Lipinski definition) is 0. The lowest BCUT2D eigenvalue weighted by atomic mass is 9.96. The highest BCUT2D eigenvalue weighted by Crippen LogP contribution is 2.39. The topological polar surface area (TPSA) is 15.8 Å². The lowest BCUT2D eigenvalue weighted by Crippen LogP contribution is -1.87. The molecule has 5 rings (SSSR count). The molecule has 0 saturated heterocycles. The van der Waals surface area contributed by atoms with Gasteiger partial charge in [-0.15, -0.1) is 0 Å². The van der Waals surface area contributed by atoms with Gasteiger partial charge in [-0.2, -0.15) is 0 Å². The molecule has 5 aromatic rings. The predicted molar refractivity (Wildman–Crippen MR) is 142 cm³/mol. The van der Waals surface area contributed by atoms with Gasteiger partial charge in [-0.25, -0.2) is 0 Å². The SMILES string of the molecule is BrCc1cccc(-c2ccccc2-c2cc(-c3ccccc3)c(-c3ccccc3)[nH]2)c1.C. The van der Waals surface area contributed by atoms with Gasteiger partial charge in [-0.3, -0.25) is 0 Å². The van der Waals surface area contributed by atoms with Crippen LogP contribution < -0.4 is 0 Å². The highest BCUT2D eigenvalue weighted by atomic mass is 79.9. The number of H-pyrrole nitrogens is 1. The van der Waals surface area contributed by atoms with E-state index < -0.39 is 0 Å². The van der Waals surface area contributed by atoms with Crippen LogP contribution in [0.25, 0.3) is 44.8 Å². The summed E-state index contributed by atoms with van der Waals surface area (Å²) in [6.07, 6.45) is 0. The molecule has 0 aliphatic heterocycles. The van der Waals surface area contributed by atoms with Crippen molar-refractivity contribution in [2.45, 2.75) is 12.8 Å². The molecule has 158 valence electrons. The van der Waals surface area contributed by atoms with Crippen LogP contribution in [-0.4, -0.2) is 4.98 Å². The van der Waals surface area contributed by atoms with Gasteiger partial charge in [0, 0.05) is 22.2 Å². The number of benzene rings is 4. The molecule has 1 aromatic heterocycles. The zero-order valence-electron chi connectivity index (χ0n) is 17.1. The van der Waals surface area contributed by atoms with Crippen LogP contribution in [0.5, 0.6) is 0 Å². The van der Waals surface area contributed by atoms with E-state index >= 15 is 0 Å². The molecule has 1 nitrogen and oxygen atoms in total. The van der Waals surface area contributed by atoms with Crippen LogP contribution in [0.2, 0.25) is 0 Å². The number of nitrogens with one attached hydrogen (secondary N) is 1. The van der Waals surface area contributed by atoms with Crippen molar-refractivity contribution in [3.8, 4) is 44.8 Å². The second-order valence-corrected chi connectivity index (χ2v) is 8.14. The third kappa shape index (κ3) is 4.32. The van der Waals surface area contributed by atoms with Crippen LogP contribution in [0, 0.1) is 0 Å². The van der Waals surface area contributed by atoms with Crippen LogP contribution in [0.15, 0.2) is 115 Å². The third-order valence-electron chi connectivity index (χ3n) is 5.57. The van der Waals surface area contributed by atoms with Crippen LogP contribution in [0.1, 0.15) is 13.0 Å². The minimum absolute atomic E-state index is 0. The summed E-state index contributed by atoms with van der Waals surface area (Å²) in [7, 11) is 0. The quantitative estimate of drug-likeness (QED) is 0.241. The highest BCUT2D eigenvalue weighted by Gasteiger charge is 2.15. The molecular formula is C30H26BrN. The first-order valence-electron chi connectivity index (χ1n) is 10.4. The van der Waals surface area contributed by atoms with Gasteiger partial charge < -0.3 is 4.98 Å². The van der Waals surface area contributed by atoms with Crippen molar-refractivity contribution in [1.82, 2.24) is 4.98 Å². The molecule has 0 aliphatic rings. The van der Waals surface area contributed by atoms with E-state index in [0.29, 0.717) is 0 Å². The van der Waals surface area contributed by atoms with E-state index in [2.05, 4.69) is 136 Å². The standard InChI is InChI=1S/C29H22BrN.CH4/c30-20-21-10-9-15-24(18-21)25-16-7-8-17-26(25)28-19-27(22-11-3-1-4-12-22)29(31-28)23-13-5-2-6-14-23;/h1-19,31H,20H2;1H4. The number of hydrogen-bond donors (Lipinski definition) is 1. The molecule has 0 saturated carbocycles. The van der Waals surface area contributed by atoms with Crippen molar-refractivity contribution in [2.75, 3.05) is 0 Å². The third-order valence-corrected chi connectivity index (χ3v) is 6.22. The van der Waals surface area contributed by atoms with Gasteiger partial charge in [-0.05, 0) is 33.9 Å². The minimum atomic E-state index is 0. The maximum Gasteiger partial charge on any atom is 0.0538 e. The number of aromatic nitrogens is 1. The van der Waals surface area contributed by atoms with Gasteiger partial charge in [0.2, 0.25) is 0 Å². The minimum Gasteiger partial charge on any atom is -0.354 e. The molecule has 0 bridgehead atoms. The van der Waals surface area contributed by atoms with Crippen molar-refractivity contribution in [3.05, 3.63) is 121 Å². The summed E-state index contributed by atoms with van der Waals surface area (Å²) in [5.41, 5.74) is 10.8. The van der Waals surface area contributed by atoms with Crippen LogP contribution >= 0.6 is 15.9 Å². The van der Waals surface area contributed by atoms with Crippen molar-refractivity contribution >= 4 is 15.9 Å². The summed E-state index contributed by atoms with van der Waals surface area (Å²) in [4.78, 5) is 3.74. The summed E-state index contributed by atoms with van der Waals surface area (Å²) < 4.78 is 0. The fourth-order valence-corrected chi connectivity index (χ4v) is 4.42. The predicted octanol–water partition coefficient (Wildman–Crippen LogP) is 9.21. The Morgan fingerprint density at radius 2 is 1.12 bits per heavy atom. The lowest BCUT2D eigenvalue weighted by Gasteiger charge is -2.10. The maximum atomic E-state index is 3.74. The molecule has 1 heterocycles. The van der Waals surface area contributed by atoms with E-state index in [9.17, 15) is 0 Å². The van der Waals surface area contributed by atoms with Gasteiger partial charge in [0.05, 0.1) is 5.69 Å². The van der Waals surface area contributed by atoms with Crippen molar-refractivity contribution in [3.63, 3.8) is 0 Å². The second kappa shape index (κ2) is 9.84. The molecule has 0 fully saturated rings. The molecule has 0 atom stereocenters. The Kier molecular flexibility index (Phi) is 6.72. The zero-order valence-corrected chi connectivity index (χ0v) is 18.6. The van der Waals surface area contributed by atoms with Crippen LogP contribution in [0.3, 0.4) is 0 Å². The molecule has 1 N–H and O–H groups in total. The lowest BCUT2D eigenvalue weighted by molar-refractivity contribution is 1.38. The Labute approximate surface area is 198 Å². The Morgan fingerprint density at radius 1 is 0.531 bits per heavy atom. The summed E-state index contributed by atoms with van der Waals surface area (Å²) in [5.74, 6) is 0. The summed E-state index contributed by atoms with van der Waals surface area (Å²) in [6, 6.07) is 40.8. The highest BCUT2D eigenvalue weighted by molar-refractivity contribution is 9.08. The molecule has 2 heteroatoms. The van der Waals surface area contributed by atoms with Crippen molar-refractivity contribution in [1.29, 1.82) is 0 Å². The molecule has 0 unspecified atom stereocenters. The van der Waals surface area contributed by atoms with Crippen LogP contribution in [-0.2, 0) is 5.33 Å². The molecule has 32 heavy (non-hydrogen) atoms. The molecule has 0 amide bonds. The number of halogens is 1. The number of rotatable bonds is 5. The number of alkyl halides is 1. The Bertz CT molecular complexity index is 1250. The van der Waals surface area contributed by atoms with Gasteiger partial charge in [-0.1, -0.05) is 133 Å². The van der Waals surface area contributed by atoms with Crippen molar-refractivity contribution in [2.24, 2.45) is 0 Å². The average Bonchev–Trinajstić information content (AvgIpc) is 3.31.